The number of carbonyl (C=O) groups excluding carboxylic acids is 1. The summed E-state index contributed by atoms with van der Waals surface area (Å²) in [6.45, 7) is 2.85. The van der Waals surface area contributed by atoms with Crippen LogP contribution in [0.25, 0.3) is 0 Å². The Morgan fingerprint density at radius 2 is 2.15 bits per heavy atom. The number of hydrogen-bond donors (Lipinski definition) is 0. The second-order valence-corrected chi connectivity index (χ2v) is 6.56. The van der Waals surface area contributed by atoms with Crippen molar-refractivity contribution in [1.82, 2.24) is 0 Å². The summed E-state index contributed by atoms with van der Waals surface area (Å²) in [6, 6.07) is 8.31. The summed E-state index contributed by atoms with van der Waals surface area (Å²) in [5, 5.41) is 0. The highest BCUT2D eigenvalue weighted by molar-refractivity contribution is 5.83. The maximum absolute atomic E-state index is 12.6. The standard InChI is InChI=1S/C18H24O2/c1-14-5-4-6-15(11-14)12-17(19)16-7-10-20-18(13-16)8-2-3-9-18/h4-6,11,16H,2-3,7-10,12-13H2,1H3. The van der Waals surface area contributed by atoms with E-state index in [9.17, 15) is 4.79 Å². The molecule has 1 atom stereocenters. The predicted octanol–water partition coefficient (Wildman–Crippen LogP) is 3.85. The lowest BCUT2D eigenvalue weighted by Gasteiger charge is -2.37. The molecule has 1 aromatic rings. The van der Waals surface area contributed by atoms with E-state index in [1.165, 1.54) is 18.4 Å². The molecule has 1 aromatic carbocycles. The molecule has 20 heavy (non-hydrogen) atoms. The van der Waals surface area contributed by atoms with Gasteiger partial charge in [-0.15, -0.1) is 0 Å². The van der Waals surface area contributed by atoms with E-state index in [2.05, 4.69) is 25.1 Å². The second-order valence-electron chi connectivity index (χ2n) is 6.56. The van der Waals surface area contributed by atoms with E-state index < -0.39 is 0 Å². The molecule has 108 valence electrons. The van der Waals surface area contributed by atoms with Crippen molar-refractivity contribution in [3.05, 3.63) is 35.4 Å². The van der Waals surface area contributed by atoms with Crippen molar-refractivity contribution >= 4 is 5.78 Å². The van der Waals surface area contributed by atoms with E-state index in [1.807, 2.05) is 6.07 Å². The minimum absolute atomic E-state index is 0.0468. The summed E-state index contributed by atoms with van der Waals surface area (Å²) in [4.78, 5) is 12.6. The van der Waals surface area contributed by atoms with Gasteiger partial charge in [-0.25, -0.2) is 0 Å². The summed E-state index contributed by atoms with van der Waals surface area (Å²) in [6.07, 6.45) is 7.28. The Morgan fingerprint density at radius 3 is 2.90 bits per heavy atom. The number of benzene rings is 1. The summed E-state index contributed by atoms with van der Waals surface area (Å²) in [7, 11) is 0. The highest BCUT2D eigenvalue weighted by Crippen LogP contribution is 2.42. The molecule has 1 aliphatic carbocycles. The number of carbonyl (C=O) groups is 1. The zero-order chi connectivity index (χ0) is 14.0. The molecule has 0 radical (unpaired) electrons. The van der Waals surface area contributed by atoms with Crippen LogP contribution in [0, 0.1) is 12.8 Å². The van der Waals surface area contributed by atoms with Crippen molar-refractivity contribution in [3.8, 4) is 0 Å². The number of ketones is 1. The van der Waals surface area contributed by atoms with E-state index in [0.717, 1.165) is 37.9 Å². The number of ether oxygens (including phenoxy) is 1. The van der Waals surface area contributed by atoms with Gasteiger partial charge in [-0.05, 0) is 38.2 Å². The molecule has 0 bridgehead atoms. The molecule has 1 aliphatic heterocycles. The van der Waals surface area contributed by atoms with Crippen molar-refractivity contribution in [3.63, 3.8) is 0 Å². The quantitative estimate of drug-likeness (QED) is 0.835. The molecule has 1 saturated heterocycles. The molecule has 2 aliphatic rings. The zero-order valence-corrected chi connectivity index (χ0v) is 12.4. The van der Waals surface area contributed by atoms with Gasteiger partial charge in [0.05, 0.1) is 5.60 Å². The second kappa shape index (κ2) is 5.69. The van der Waals surface area contributed by atoms with E-state index >= 15 is 0 Å². The Kier molecular flexibility index (Phi) is 3.93. The fraction of sp³-hybridized carbons (Fsp3) is 0.611. The monoisotopic (exact) mass is 272 g/mol. The maximum Gasteiger partial charge on any atom is 0.140 e. The SMILES string of the molecule is Cc1cccc(CC(=O)C2CCOC3(CCCC3)C2)c1. The summed E-state index contributed by atoms with van der Waals surface area (Å²) >= 11 is 0. The van der Waals surface area contributed by atoms with E-state index in [4.69, 9.17) is 4.74 Å². The topological polar surface area (TPSA) is 26.3 Å². The van der Waals surface area contributed by atoms with Crippen LogP contribution in [-0.4, -0.2) is 18.0 Å². The minimum Gasteiger partial charge on any atom is -0.375 e. The molecule has 2 heteroatoms. The van der Waals surface area contributed by atoms with Crippen LogP contribution in [0.4, 0.5) is 0 Å². The highest BCUT2D eigenvalue weighted by Gasteiger charge is 2.41. The van der Waals surface area contributed by atoms with E-state index in [0.29, 0.717) is 12.2 Å². The van der Waals surface area contributed by atoms with Gasteiger partial charge in [-0.3, -0.25) is 4.79 Å². The Labute approximate surface area is 121 Å². The third-order valence-corrected chi connectivity index (χ3v) is 4.92. The molecule has 3 rings (SSSR count). The molecular weight excluding hydrogens is 248 g/mol. The molecule has 1 heterocycles. The lowest BCUT2D eigenvalue weighted by molar-refractivity contribution is -0.135. The Bertz CT molecular complexity index is 486. The van der Waals surface area contributed by atoms with Gasteiger partial charge >= 0.3 is 0 Å². The molecule has 1 spiro atoms. The Morgan fingerprint density at radius 1 is 1.35 bits per heavy atom. The van der Waals surface area contributed by atoms with Crippen molar-refractivity contribution in [2.24, 2.45) is 5.92 Å². The number of rotatable bonds is 3. The summed E-state index contributed by atoms with van der Waals surface area (Å²) < 4.78 is 6.02. The first kappa shape index (κ1) is 13.8. The molecule has 0 N–H and O–H groups in total. The molecular formula is C18H24O2. The summed E-state index contributed by atoms with van der Waals surface area (Å²) in [5.41, 5.74) is 2.43. The van der Waals surface area contributed by atoms with Crippen molar-refractivity contribution < 1.29 is 9.53 Å². The van der Waals surface area contributed by atoms with Gasteiger partial charge < -0.3 is 4.74 Å². The average Bonchev–Trinajstić information content (AvgIpc) is 2.87. The van der Waals surface area contributed by atoms with Gasteiger partial charge in [0, 0.05) is 18.9 Å². The van der Waals surface area contributed by atoms with Gasteiger partial charge in [0.2, 0.25) is 0 Å². The van der Waals surface area contributed by atoms with Crippen molar-refractivity contribution in [1.29, 1.82) is 0 Å². The van der Waals surface area contributed by atoms with Gasteiger partial charge in [0.25, 0.3) is 0 Å². The zero-order valence-electron chi connectivity index (χ0n) is 12.4. The van der Waals surface area contributed by atoms with Crippen LogP contribution in [0.1, 0.15) is 49.7 Å². The van der Waals surface area contributed by atoms with Crippen LogP contribution in [0.15, 0.2) is 24.3 Å². The summed E-state index contributed by atoms with van der Waals surface area (Å²) in [5.74, 6) is 0.618. The van der Waals surface area contributed by atoms with E-state index in [-0.39, 0.29) is 11.5 Å². The first-order chi connectivity index (χ1) is 9.67. The lowest BCUT2D eigenvalue weighted by atomic mass is 9.81. The van der Waals surface area contributed by atoms with Crippen molar-refractivity contribution in [2.75, 3.05) is 6.61 Å². The van der Waals surface area contributed by atoms with Gasteiger partial charge in [0.15, 0.2) is 0 Å². The third kappa shape index (κ3) is 2.95. The fourth-order valence-electron chi connectivity index (χ4n) is 3.84. The largest absolute Gasteiger partial charge is 0.375 e. The highest BCUT2D eigenvalue weighted by atomic mass is 16.5. The molecule has 0 amide bonds. The molecule has 2 fully saturated rings. The maximum atomic E-state index is 12.6. The Hall–Kier alpha value is -1.15. The van der Waals surface area contributed by atoms with Crippen LogP contribution in [0.3, 0.4) is 0 Å². The molecule has 1 saturated carbocycles. The normalized spacial score (nSPS) is 24.9. The smallest absolute Gasteiger partial charge is 0.140 e. The van der Waals surface area contributed by atoms with Crippen LogP contribution >= 0.6 is 0 Å². The first-order valence-electron chi connectivity index (χ1n) is 7.89. The minimum atomic E-state index is 0.0468. The van der Waals surface area contributed by atoms with Gasteiger partial charge in [-0.1, -0.05) is 42.7 Å². The number of aryl methyl sites for hydroxylation is 1. The van der Waals surface area contributed by atoms with Crippen LogP contribution in [0.5, 0.6) is 0 Å². The molecule has 0 aromatic heterocycles. The molecule has 1 unspecified atom stereocenters. The predicted molar refractivity (Wildman–Crippen MR) is 79.8 cm³/mol. The number of Topliss-reactive ketones (excluding diaryl/α,β-unsaturated/α-hetero) is 1. The third-order valence-electron chi connectivity index (χ3n) is 4.92. The van der Waals surface area contributed by atoms with Gasteiger partial charge in [-0.2, -0.15) is 0 Å². The van der Waals surface area contributed by atoms with E-state index in [1.54, 1.807) is 0 Å². The van der Waals surface area contributed by atoms with Crippen LogP contribution in [-0.2, 0) is 16.0 Å². The number of hydrogen-bond acceptors (Lipinski definition) is 2. The van der Waals surface area contributed by atoms with Crippen molar-refractivity contribution in [2.45, 2.75) is 57.5 Å². The Balaban J connectivity index is 1.65. The first-order valence-corrected chi connectivity index (χ1v) is 7.89. The molecule has 2 nitrogen and oxygen atoms in total. The average molecular weight is 272 g/mol. The van der Waals surface area contributed by atoms with Crippen LogP contribution in [0.2, 0.25) is 0 Å². The lowest BCUT2D eigenvalue weighted by Crippen LogP contribution is -2.40. The van der Waals surface area contributed by atoms with Crippen LogP contribution < -0.4 is 0 Å². The fourth-order valence-corrected chi connectivity index (χ4v) is 3.84. The van der Waals surface area contributed by atoms with Gasteiger partial charge in [0.1, 0.15) is 5.78 Å².